The first-order chi connectivity index (χ1) is 11.1. The average molecular weight is 316 g/mol. The third-order valence-electron chi connectivity index (χ3n) is 4.56. The number of piperidine rings is 1. The maximum atomic E-state index is 12.3. The predicted molar refractivity (Wildman–Crippen MR) is 82.8 cm³/mol. The fourth-order valence-electron chi connectivity index (χ4n) is 3.25. The van der Waals surface area contributed by atoms with Gasteiger partial charge in [0.25, 0.3) is 11.8 Å². The molecule has 0 saturated carbocycles. The van der Waals surface area contributed by atoms with Crippen LogP contribution in [-0.2, 0) is 4.79 Å². The minimum Gasteiger partial charge on any atom is -0.396 e. The number of amides is 3. The van der Waals surface area contributed by atoms with E-state index in [2.05, 4.69) is 0 Å². The van der Waals surface area contributed by atoms with Gasteiger partial charge in [0.15, 0.2) is 0 Å². The molecule has 0 aliphatic carbocycles. The van der Waals surface area contributed by atoms with E-state index in [0.717, 1.165) is 17.7 Å². The second kappa shape index (κ2) is 6.50. The van der Waals surface area contributed by atoms with E-state index in [0.29, 0.717) is 24.2 Å². The first kappa shape index (κ1) is 15.7. The lowest BCUT2D eigenvalue weighted by molar-refractivity contribution is -0.133. The molecule has 0 bridgehead atoms. The molecule has 1 atom stereocenters. The van der Waals surface area contributed by atoms with Gasteiger partial charge in [-0.25, -0.2) is 0 Å². The van der Waals surface area contributed by atoms with Crippen LogP contribution >= 0.6 is 0 Å². The molecule has 0 spiro atoms. The monoisotopic (exact) mass is 316 g/mol. The smallest absolute Gasteiger partial charge is 0.261 e. The summed E-state index contributed by atoms with van der Waals surface area (Å²) >= 11 is 0. The molecule has 2 aliphatic rings. The molecule has 6 heteroatoms. The summed E-state index contributed by atoms with van der Waals surface area (Å²) in [5.74, 6) is -0.595. The van der Waals surface area contributed by atoms with Gasteiger partial charge in [-0.2, -0.15) is 0 Å². The van der Waals surface area contributed by atoms with Crippen LogP contribution in [-0.4, -0.2) is 58.9 Å². The van der Waals surface area contributed by atoms with Crippen LogP contribution < -0.4 is 0 Å². The average Bonchev–Trinajstić information content (AvgIpc) is 2.84. The lowest BCUT2D eigenvalue weighted by Crippen LogP contribution is -2.42. The first-order valence-corrected chi connectivity index (χ1v) is 7.95. The molecule has 122 valence electrons. The summed E-state index contributed by atoms with van der Waals surface area (Å²) in [5, 5.41) is 9.23. The van der Waals surface area contributed by atoms with Gasteiger partial charge < -0.3 is 10.0 Å². The summed E-state index contributed by atoms with van der Waals surface area (Å²) in [6.07, 6.45) is 1.94. The number of aliphatic hydroxyl groups is 1. The zero-order valence-corrected chi connectivity index (χ0v) is 12.9. The van der Waals surface area contributed by atoms with Gasteiger partial charge in [0, 0.05) is 32.7 Å². The summed E-state index contributed by atoms with van der Waals surface area (Å²) < 4.78 is 0. The predicted octanol–water partition coefficient (Wildman–Crippen LogP) is 0.904. The molecule has 2 aliphatic heterocycles. The van der Waals surface area contributed by atoms with E-state index in [9.17, 15) is 19.5 Å². The molecule has 1 aromatic rings. The number of aliphatic hydroxyl groups excluding tert-OH is 1. The number of nitrogens with zero attached hydrogens (tertiary/aromatic N) is 2. The second-order valence-corrected chi connectivity index (χ2v) is 6.09. The summed E-state index contributed by atoms with van der Waals surface area (Å²) in [5.41, 5.74) is 0.812. The number of likely N-dealkylation sites (tertiary alicyclic amines) is 1. The Morgan fingerprint density at radius 2 is 1.83 bits per heavy atom. The Kier molecular flexibility index (Phi) is 4.43. The van der Waals surface area contributed by atoms with Crippen molar-refractivity contribution < 1.29 is 19.5 Å². The number of benzene rings is 1. The fraction of sp³-hybridized carbons (Fsp3) is 0.471. The van der Waals surface area contributed by atoms with Gasteiger partial charge in [-0.05, 0) is 30.9 Å². The van der Waals surface area contributed by atoms with E-state index in [1.54, 1.807) is 29.2 Å². The molecule has 3 amide bonds. The van der Waals surface area contributed by atoms with Crippen molar-refractivity contribution in [1.29, 1.82) is 0 Å². The zero-order chi connectivity index (χ0) is 16.4. The maximum Gasteiger partial charge on any atom is 0.261 e. The Morgan fingerprint density at radius 1 is 1.17 bits per heavy atom. The van der Waals surface area contributed by atoms with Crippen molar-refractivity contribution in [3.05, 3.63) is 35.4 Å². The minimum absolute atomic E-state index is 0.0697. The molecular formula is C17H20N2O4. The second-order valence-electron chi connectivity index (χ2n) is 6.09. The highest BCUT2D eigenvalue weighted by atomic mass is 16.3. The molecule has 0 aromatic heterocycles. The van der Waals surface area contributed by atoms with Crippen molar-refractivity contribution in [2.24, 2.45) is 5.92 Å². The van der Waals surface area contributed by atoms with Crippen LogP contribution in [0.5, 0.6) is 0 Å². The van der Waals surface area contributed by atoms with Crippen molar-refractivity contribution in [2.45, 2.75) is 19.3 Å². The van der Waals surface area contributed by atoms with Crippen molar-refractivity contribution in [2.75, 3.05) is 26.2 Å². The van der Waals surface area contributed by atoms with Crippen LogP contribution in [0.15, 0.2) is 24.3 Å². The normalized spacial score (nSPS) is 20.8. The maximum absolute atomic E-state index is 12.3. The Labute approximate surface area is 134 Å². The molecule has 1 aromatic carbocycles. The molecule has 3 rings (SSSR count). The number of carbonyl (C=O) groups excluding carboxylic acids is 3. The van der Waals surface area contributed by atoms with Gasteiger partial charge in [0.1, 0.15) is 0 Å². The first-order valence-electron chi connectivity index (χ1n) is 7.95. The number of carbonyl (C=O) groups is 3. The van der Waals surface area contributed by atoms with E-state index < -0.39 is 0 Å². The third kappa shape index (κ3) is 2.99. The molecule has 1 N–H and O–H groups in total. The molecule has 1 unspecified atom stereocenters. The molecular weight excluding hydrogens is 296 g/mol. The van der Waals surface area contributed by atoms with Gasteiger partial charge >= 0.3 is 0 Å². The van der Waals surface area contributed by atoms with E-state index in [4.69, 9.17) is 0 Å². The van der Waals surface area contributed by atoms with E-state index in [1.807, 2.05) is 0 Å². The highest BCUT2D eigenvalue weighted by Gasteiger charge is 2.35. The topological polar surface area (TPSA) is 77.9 Å². The highest BCUT2D eigenvalue weighted by Crippen LogP contribution is 2.23. The van der Waals surface area contributed by atoms with Crippen LogP contribution in [0.2, 0.25) is 0 Å². The summed E-state index contributed by atoms with van der Waals surface area (Å²) in [6, 6.07) is 6.71. The standard InChI is InChI=1S/C17H20N2O4/c20-11-12-4-3-8-18(10-12)15(21)7-9-19-16(22)13-5-1-2-6-14(13)17(19)23/h1-2,5-6,12,20H,3-4,7-11H2. The SMILES string of the molecule is O=C(CCN1C(=O)c2ccccc2C1=O)N1CCCC(CO)C1. The highest BCUT2D eigenvalue weighted by molar-refractivity contribution is 6.21. The van der Waals surface area contributed by atoms with Gasteiger partial charge in [-0.3, -0.25) is 19.3 Å². The van der Waals surface area contributed by atoms with Crippen LogP contribution in [0.4, 0.5) is 0 Å². The number of fused-ring (bicyclic) bond motifs is 1. The fourth-order valence-corrected chi connectivity index (χ4v) is 3.25. The quantitative estimate of drug-likeness (QED) is 0.837. The summed E-state index contributed by atoms with van der Waals surface area (Å²) in [6.45, 7) is 1.42. The molecule has 1 saturated heterocycles. The van der Waals surface area contributed by atoms with Crippen LogP contribution in [0, 0.1) is 5.92 Å². The van der Waals surface area contributed by atoms with Gasteiger partial charge in [0.2, 0.25) is 5.91 Å². The lowest BCUT2D eigenvalue weighted by Gasteiger charge is -2.32. The minimum atomic E-state index is -0.328. The molecule has 0 radical (unpaired) electrons. The summed E-state index contributed by atoms with van der Waals surface area (Å²) in [7, 11) is 0. The largest absolute Gasteiger partial charge is 0.396 e. The van der Waals surface area contributed by atoms with Gasteiger partial charge in [-0.15, -0.1) is 0 Å². The Balaban J connectivity index is 1.60. The van der Waals surface area contributed by atoms with E-state index >= 15 is 0 Å². The number of hydrogen-bond acceptors (Lipinski definition) is 4. The molecule has 6 nitrogen and oxygen atoms in total. The van der Waals surface area contributed by atoms with Gasteiger partial charge in [0.05, 0.1) is 11.1 Å². The van der Waals surface area contributed by atoms with Crippen molar-refractivity contribution in [3.63, 3.8) is 0 Å². The van der Waals surface area contributed by atoms with E-state index in [1.165, 1.54) is 0 Å². The Morgan fingerprint density at radius 3 is 2.43 bits per heavy atom. The number of hydrogen-bond donors (Lipinski definition) is 1. The van der Waals surface area contributed by atoms with Crippen LogP contribution in [0.25, 0.3) is 0 Å². The number of imide groups is 1. The van der Waals surface area contributed by atoms with Crippen molar-refractivity contribution in [1.82, 2.24) is 9.80 Å². The number of rotatable bonds is 4. The lowest BCUT2D eigenvalue weighted by atomic mass is 9.99. The van der Waals surface area contributed by atoms with Crippen LogP contribution in [0.3, 0.4) is 0 Å². The molecule has 2 heterocycles. The van der Waals surface area contributed by atoms with E-state index in [-0.39, 0.29) is 43.2 Å². The molecule has 23 heavy (non-hydrogen) atoms. The molecule has 1 fully saturated rings. The Bertz CT molecular complexity index is 608. The Hall–Kier alpha value is -2.21. The van der Waals surface area contributed by atoms with Crippen molar-refractivity contribution >= 4 is 17.7 Å². The van der Waals surface area contributed by atoms with Crippen molar-refractivity contribution in [3.8, 4) is 0 Å². The zero-order valence-electron chi connectivity index (χ0n) is 12.9. The third-order valence-corrected chi connectivity index (χ3v) is 4.56. The van der Waals surface area contributed by atoms with Crippen LogP contribution in [0.1, 0.15) is 40.0 Å². The van der Waals surface area contributed by atoms with Gasteiger partial charge in [-0.1, -0.05) is 12.1 Å². The summed E-state index contributed by atoms with van der Waals surface area (Å²) in [4.78, 5) is 39.7.